The van der Waals surface area contributed by atoms with E-state index in [-0.39, 0.29) is 0 Å². The third-order valence-electron chi connectivity index (χ3n) is 4.37. The molecule has 0 spiro atoms. The van der Waals surface area contributed by atoms with Gasteiger partial charge in [0.25, 0.3) is 0 Å². The molecule has 0 radical (unpaired) electrons. The Bertz CT molecular complexity index is 254. The second-order valence-electron chi connectivity index (χ2n) is 5.63. The predicted molar refractivity (Wildman–Crippen MR) is 64.9 cm³/mol. The molecule has 2 rings (SSSR count). The van der Waals surface area contributed by atoms with E-state index in [0.717, 1.165) is 24.9 Å². The average molecular weight is 224 g/mol. The van der Waals surface area contributed by atoms with Gasteiger partial charge in [-0.05, 0) is 30.7 Å². The number of carbonyl (C=O) groups excluding carboxylic acids is 1. The number of hydrogen-bond acceptors (Lipinski definition) is 2. The van der Waals surface area contributed by atoms with Crippen LogP contribution in [0.4, 0.5) is 0 Å². The van der Waals surface area contributed by atoms with Gasteiger partial charge in [-0.3, -0.25) is 4.79 Å². The van der Waals surface area contributed by atoms with Crippen molar-refractivity contribution in [2.75, 3.05) is 19.6 Å². The molecule has 3 atom stereocenters. The first-order valence-electron chi connectivity index (χ1n) is 6.68. The topological polar surface area (TPSA) is 46.3 Å². The van der Waals surface area contributed by atoms with E-state index in [1.165, 1.54) is 25.7 Å². The molecule has 1 saturated carbocycles. The molecule has 0 aromatic rings. The molecule has 92 valence electrons. The number of amides is 1. The zero-order valence-corrected chi connectivity index (χ0v) is 10.3. The molecule has 1 heterocycles. The van der Waals surface area contributed by atoms with E-state index in [1.807, 2.05) is 0 Å². The summed E-state index contributed by atoms with van der Waals surface area (Å²) in [5.74, 6) is 2.26. The summed E-state index contributed by atoms with van der Waals surface area (Å²) in [4.78, 5) is 13.9. The van der Waals surface area contributed by atoms with E-state index in [4.69, 9.17) is 5.73 Å². The maximum atomic E-state index is 11.8. The minimum absolute atomic E-state index is 0.327. The van der Waals surface area contributed by atoms with Gasteiger partial charge >= 0.3 is 0 Å². The number of rotatable bonds is 3. The molecule has 0 aromatic heterocycles. The third kappa shape index (κ3) is 2.57. The lowest BCUT2D eigenvalue weighted by molar-refractivity contribution is -0.128. The van der Waals surface area contributed by atoms with Crippen molar-refractivity contribution in [1.82, 2.24) is 4.90 Å². The smallest absolute Gasteiger partial charge is 0.222 e. The number of hydrogen-bond donors (Lipinski definition) is 1. The summed E-state index contributed by atoms with van der Waals surface area (Å²) >= 11 is 0. The van der Waals surface area contributed by atoms with E-state index in [0.29, 0.717) is 24.8 Å². The van der Waals surface area contributed by atoms with E-state index >= 15 is 0 Å². The van der Waals surface area contributed by atoms with Crippen LogP contribution in [0.2, 0.25) is 0 Å². The SMILES string of the molecule is CC1CCCCC1CN1CC(CN)CC1=O. The Morgan fingerprint density at radius 3 is 2.75 bits per heavy atom. The van der Waals surface area contributed by atoms with Gasteiger partial charge in [-0.25, -0.2) is 0 Å². The quantitative estimate of drug-likeness (QED) is 0.792. The van der Waals surface area contributed by atoms with Gasteiger partial charge in [0.05, 0.1) is 0 Å². The molecule has 0 bridgehead atoms. The van der Waals surface area contributed by atoms with Crippen LogP contribution in [0.25, 0.3) is 0 Å². The summed E-state index contributed by atoms with van der Waals surface area (Å²) in [6, 6.07) is 0. The van der Waals surface area contributed by atoms with Gasteiger partial charge in [0.2, 0.25) is 5.91 Å². The molecule has 1 aliphatic heterocycles. The fourth-order valence-electron chi connectivity index (χ4n) is 3.14. The standard InChI is InChI=1S/C13H24N2O/c1-10-4-2-3-5-12(10)9-15-8-11(7-14)6-13(15)16/h10-12H,2-9,14H2,1H3. The lowest BCUT2D eigenvalue weighted by atomic mass is 9.80. The maximum absolute atomic E-state index is 11.8. The van der Waals surface area contributed by atoms with Gasteiger partial charge in [0.1, 0.15) is 0 Å². The lowest BCUT2D eigenvalue weighted by Gasteiger charge is -2.32. The Morgan fingerprint density at radius 1 is 1.38 bits per heavy atom. The van der Waals surface area contributed by atoms with Crippen LogP contribution in [-0.4, -0.2) is 30.4 Å². The largest absolute Gasteiger partial charge is 0.342 e. The first-order valence-corrected chi connectivity index (χ1v) is 6.68. The van der Waals surface area contributed by atoms with Gasteiger partial charge < -0.3 is 10.6 Å². The summed E-state index contributed by atoms with van der Waals surface area (Å²) < 4.78 is 0. The summed E-state index contributed by atoms with van der Waals surface area (Å²) in [6.45, 7) is 4.88. The van der Waals surface area contributed by atoms with Crippen molar-refractivity contribution in [2.45, 2.75) is 39.0 Å². The molecule has 3 unspecified atom stereocenters. The Hall–Kier alpha value is -0.570. The number of carbonyl (C=O) groups is 1. The van der Waals surface area contributed by atoms with Gasteiger partial charge in [-0.2, -0.15) is 0 Å². The molecule has 3 heteroatoms. The normalized spacial score (nSPS) is 35.8. The molecule has 2 aliphatic rings. The lowest BCUT2D eigenvalue weighted by Crippen LogP contribution is -2.35. The average Bonchev–Trinajstić information content (AvgIpc) is 2.63. The monoisotopic (exact) mass is 224 g/mol. The van der Waals surface area contributed by atoms with Crippen LogP contribution in [0.1, 0.15) is 39.0 Å². The minimum atomic E-state index is 0.327. The zero-order valence-electron chi connectivity index (χ0n) is 10.3. The molecule has 1 aliphatic carbocycles. The van der Waals surface area contributed by atoms with Gasteiger partial charge in [-0.1, -0.05) is 26.2 Å². The predicted octanol–water partition coefficient (Wildman–Crippen LogP) is 1.62. The Balaban J connectivity index is 1.86. The third-order valence-corrected chi connectivity index (χ3v) is 4.37. The van der Waals surface area contributed by atoms with Crippen molar-refractivity contribution < 1.29 is 4.79 Å². The molecule has 1 amide bonds. The highest BCUT2D eigenvalue weighted by molar-refractivity contribution is 5.78. The summed E-state index contributed by atoms with van der Waals surface area (Å²) in [6.07, 6.45) is 6.04. The first-order chi connectivity index (χ1) is 7.70. The summed E-state index contributed by atoms with van der Waals surface area (Å²) in [5.41, 5.74) is 5.64. The maximum Gasteiger partial charge on any atom is 0.222 e. The molecular formula is C13H24N2O. The van der Waals surface area contributed by atoms with Gasteiger partial charge in [0, 0.05) is 19.5 Å². The van der Waals surface area contributed by atoms with Crippen molar-refractivity contribution in [1.29, 1.82) is 0 Å². The van der Waals surface area contributed by atoms with Crippen LogP contribution >= 0.6 is 0 Å². The fourth-order valence-corrected chi connectivity index (χ4v) is 3.14. The number of nitrogens with zero attached hydrogens (tertiary/aromatic N) is 1. The summed E-state index contributed by atoms with van der Waals surface area (Å²) in [5, 5.41) is 0. The van der Waals surface area contributed by atoms with Crippen molar-refractivity contribution in [3.8, 4) is 0 Å². The number of likely N-dealkylation sites (tertiary alicyclic amines) is 1. The van der Waals surface area contributed by atoms with E-state index in [9.17, 15) is 4.79 Å². The highest BCUT2D eigenvalue weighted by Gasteiger charge is 2.32. The molecule has 2 N–H and O–H groups in total. The molecule has 16 heavy (non-hydrogen) atoms. The van der Waals surface area contributed by atoms with Crippen molar-refractivity contribution in [3.63, 3.8) is 0 Å². The van der Waals surface area contributed by atoms with E-state index < -0.39 is 0 Å². The summed E-state index contributed by atoms with van der Waals surface area (Å²) in [7, 11) is 0. The fraction of sp³-hybridized carbons (Fsp3) is 0.923. The number of nitrogens with two attached hydrogens (primary N) is 1. The van der Waals surface area contributed by atoms with Gasteiger partial charge in [-0.15, -0.1) is 0 Å². The van der Waals surface area contributed by atoms with Gasteiger partial charge in [0.15, 0.2) is 0 Å². The van der Waals surface area contributed by atoms with Crippen LogP contribution in [0.5, 0.6) is 0 Å². The van der Waals surface area contributed by atoms with Crippen LogP contribution in [0, 0.1) is 17.8 Å². The minimum Gasteiger partial charge on any atom is -0.342 e. The molecule has 3 nitrogen and oxygen atoms in total. The second kappa shape index (κ2) is 5.17. The second-order valence-corrected chi connectivity index (χ2v) is 5.63. The first kappa shape index (κ1) is 11.9. The van der Waals surface area contributed by atoms with Crippen LogP contribution in [0.3, 0.4) is 0 Å². The molecule has 0 aromatic carbocycles. The Morgan fingerprint density at radius 2 is 2.12 bits per heavy atom. The van der Waals surface area contributed by atoms with Crippen molar-refractivity contribution in [2.24, 2.45) is 23.5 Å². The van der Waals surface area contributed by atoms with E-state index in [1.54, 1.807) is 0 Å². The van der Waals surface area contributed by atoms with Crippen LogP contribution < -0.4 is 5.73 Å². The molecular weight excluding hydrogens is 200 g/mol. The van der Waals surface area contributed by atoms with Crippen LogP contribution in [-0.2, 0) is 4.79 Å². The van der Waals surface area contributed by atoms with Crippen molar-refractivity contribution in [3.05, 3.63) is 0 Å². The Kier molecular flexibility index (Phi) is 3.85. The van der Waals surface area contributed by atoms with Crippen LogP contribution in [0.15, 0.2) is 0 Å². The zero-order chi connectivity index (χ0) is 11.5. The molecule has 1 saturated heterocycles. The van der Waals surface area contributed by atoms with E-state index in [2.05, 4.69) is 11.8 Å². The molecule has 2 fully saturated rings. The van der Waals surface area contributed by atoms with Crippen molar-refractivity contribution >= 4 is 5.91 Å². The Labute approximate surface area is 98.4 Å². The highest BCUT2D eigenvalue weighted by atomic mass is 16.2. The highest BCUT2D eigenvalue weighted by Crippen LogP contribution is 2.31.